The third-order valence-corrected chi connectivity index (χ3v) is 5.20. The molecule has 0 atom stereocenters. The van der Waals surface area contributed by atoms with E-state index in [-0.39, 0.29) is 11.4 Å². The number of methoxy groups -OCH3 is 1. The van der Waals surface area contributed by atoms with Gasteiger partial charge in [-0.15, -0.1) is 0 Å². The van der Waals surface area contributed by atoms with Gasteiger partial charge in [0.2, 0.25) is 0 Å². The Bertz CT molecular complexity index is 1360. The predicted octanol–water partition coefficient (Wildman–Crippen LogP) is 4.15. The van der Waals surface area contributed by atoms with E-state index in [1.807, 2.05) is 0 Å². The summed E-state index contributed by atoms with van der Waals surface area (Å²) in [6, 6.07) is 12.6. The quantitative estimate of drug-likeness (QED) is 0.460. The van der Waals surface area contributed by atoms with Gasteiger partial charge in [-0.25, -0.2) is 18.6 Å². The number of nitrogens with one attached hydrogen (secondary N) is 1. The second kappa shape index (κ2) is 8.30. The van der Waals surface area contributed by atoms with Crippen molar-refractivity contribution in [3.05, 3.63) is 82.9 Å². The first-order valence-electron chi connectivity index (χ1n) is 9.98. The lowest BCUT2D eigenvalue weighted by molar-refractivity contribution is 0.0600. The molecule has 0 bridgehead atoms. The van der Waals surface area contributed by atoms with Crippen molar-refractivity contribution in [2.75, 3.05) is 7.11 Å². The fraction of sp³-hybridized carbons (Fsp3) is 0.130. The van der Waals surface area contributed by atoms with Crippen LogP contribution in [0.15, 0.2) is 58.2 Å². The number of hydrogen-bond donors (Lipinski definition) is 1. The number of halogens is 2. The summed E-state index contributed by atoms with van der Waals surface area (Å²) in [7, 11) is 1.33. The summed E-state index contributed by atoms with van der Waals surface area (Å²) in [5, 5.41) is 10.2. The van der Waals surface area contributed by atoms with E-state index >= 15 is 0 Å². The molecule has 166 valence electrons. The van der Waals surface area contributed by atoms with Gasteiger partial charge in [0.15, 0.2) is 17.4 Å². The van der Waals surface area contributed by atoms with Gasteiger partial charge >= 0.3 is 5.97 Å². The van der Waals surface area contributed by atoms with Crippen molar-refractivity contribution >= 4 is 12.2 Å². The summed E-state index contributed by atoms with van der Waals surface area (Å²) < 4.78 is 37.8. The Morgan fingerprint density at radius 1 is 1.21 bits per heavy atom. The van der Waals surface area contributed by atoms with E-state index in [2.05, 4.69) is 20.2 Å². The summed E-state index contributed by atoms with van der Waals surface area (Å²) in [5.74, 6) is -1.47. The summed E-state index contributed by atoms with van der Waals surface area (Å²) in [6.45, 7) is 0.714. The molecule has 4 aromatic rings. The number of hydrogen-bond acceptors (Lipinski definition) is 7. The van der Waals surface area contributed by atoms with Gasteiger partial charge in [-0.3, -0.25) is 5.01 Å². The number of ether oxygens (including phenoxy) is 1. The fourth-order valence-corrected chi connectivity index (χ4v) is 3.52. The van der Waals surface area contributed by atoms with Gasteiger partial charge in [0.1, 0.15) is 17.2 Å². The fourth-order valence-electron chi connectivity index (χ4n) is 3.52. The highest BCUT2D eigenvalue weighted by atomic mass is 19.2. The zero-order valence-corrected chi connectivity index (χ0v) is 17.4. The lowest BCUT2D eigenvalue weighted by Gasteiger charge is -2.19. The Labute approximate surface area is 186 Å². The minimum absolute atomic E-state index is 0.0578. The second-order valence-electron chi connectivity index (χ2n) is 7.37. The molecule has 10 heteroatoms. The maximum Gasteiger partial charge on any atom is 0.337 e. The number of carbonyl (C=O) groups is 1. The van der Waals surface area contributed by atoms with Crippen LogP contribution in [0, 0.1) is 11.6 Å². The van der Waals surface area contributed by atoms with Crippen LogP contribution < -0.4 is 0 Å². The zero-order chi connectivity index (χ0) is 22.9. The van der Waals surface area contributed by atoms with Crippen LogP contribution in [0.2, 0.25) is 0 Å². The first-order chi connectivity index (χ1) is 16.0. The number of imidazole rings is 1. The van der Waals surface area contributed by atoms with E-state index < -0.39 is 17.6 Å². The Kier molecular flexibility index (Phi) is 5.17. The lowest BCUT2D eigenvalue weighted by atomic mass is 10.1. The molecule has 0 spiro atoms. The molecular weight excluding hydrogens is 432 g/mol. The molecule has 8 nitrogen and oxygen atoms in total. The Hall–Kier alpha value is -4.34. The molecule has 1 aliphatic rings. The maximum absolute atomic E-state index is 14.1. The number of H-pyrrole nitrogens is 1. The molecule has 5 rings (SSSR count). The average molecular weight is 449 g/mol. The van der Waals surface area contributed by atoms with Gasteiger partial charge in [-0.05, 0) is 24.3 Å². The van der Waals surface area contributed by atoms with Crippen LogP contribution in [0.1, 0.15) is 27.5 Å². The molecule has 0 amide bonds. The zero-order valence-electron chi connectivity index (χ0n) is 17.4. The molecule has 3 heterocycles. The largest absolute Gasteiger partial charge is 0.465 e. The molecule has 0 fully saturated rings. The highest BCUT2D eigenvalue weighted by molar-refractivity contribution is 5.89. The van der Waals surface area contributed by atoms with Crippen molar-refractivity contribution in [3.8, 4) is 22.6 Å². The smallest absolute Gasteiger partial charge is 0.337 e. The third-order valence-electron chi connectivity index (χ3n) is 5.20. The number of benzene rings is 2. The molecular formula is C23H17F2N5O3. The van der Waals surface area contributed by atoms with Crippen LogP contribution in [0.4, 0.5) is 8.78 Å². The molecule has 1 N–H and O–H groups in total. The van der Waals surface area contributed by atoms with Gasteiger partial charge in [0, 0.05) is 11.6 Å². The number of fused-ring (bicyclic) bond motifs is 1. The van der Waals surface area contributed by atoms with Gasteiger partial charge in [-0.1, -0.05) is 23.4 Å². The molecule has 0 unspecified atom stereocenters. The molecule has 0 radical (unpaired) electrons. The van der Waals surface area contributed by atoms with Crippen LogP contribution in [0.5, 0.6) is 0 Å². The summed E-state index contributed by atoms with van der Waals surface area (Å²) >= 11 is 0. The van der Waals surface area contributed by atoms with Gasteiger partial charge in [0.25, 0.3) is 0 Å². The highest BCUT2D eigenvalue weighted by Crippen LogP contribution is 2.26. The number of rotatable bonds is 5. The Morgan fingerprint density at radius 3 is 2.82 bits per heavy atom. The minimum Gasteiger partial charge on any atom is -0.465 e. The van der Waals surface area contributed by atoms with E-state index in [1.54, 1.807) is 41.6 Å². The second-order valence-corrected chi connectivity index (χ2v) is 7.37. The van der Waals surface area contributed by atoms with Crippen molar-refractivity contribution < 1.29 is 22.8 Å². The summed E-state index contributed by atoms with van der Waals surface area (Å²) in [4.78, 5) is 18.9. The normalized spacial score (nSPS) is 12.6. The molecule has 1 aliphatic heterocycles. The number of aromatic amines is 1. The van der Waals surface area contributed by atoms with Crippen molar-refractivity contribution in [2.45, 2.75) is 13.1 Å². The Balaban J connectivity index is 1.29. The molecule has 2 aromatic carbocycles. The van der Waals surface area contributed by atoms with Gasteiger partial charge in [0.05, 0.1) is 43.2 Å². The van der Waals surface area contributed by atoms with Crippen LogP contribution in [-0.4, -0.2) is 39.4 Å². The number of nitrogens with zero attached hydrogens (tertiary/aromatic N) is 4. The minimum atomic E-state index is -0.953. The summed E-state index contributed by atoms with van der Waals surface area (Å²) in [5.41, 5.74) is 3.20. The van der Waals surface area contributed by atoms with E-state index in [1.165, 1.54) is 19.2 Å². The third kappa shape index (κ3) is 3.98. The molecule has 0 saturated carbocycles. The van der Waals surface area contributed by atoms with E-state index in [9.17, 15) is 13.6 Å². The molecule has 2 aromatic heterocycles. The van der Waals surface area contributed by atoms with Crippen LogP contribution in [0.3, 0.4) is 0 Å². The van der Waals surface area contributed by atoms with Gasteiger partial charge in [-0.2, -0.15) is 5.10 Å². The molecule has 0 saturated heterocycles. The topological polar surface area (TPSA) is 96.6 Å². The predicted molar refractivity (Wildman–Crippen MR) is 114 cm³/mol. The highest BCUT2D eigenvalue weighted by Gasteiger charge is 2.21. The standard InChI is InChI=1S/C23H17F2N5O3/c1-32-23(31)14-7-5-13(6-8-14)18-9-15(33-29-18)11-30-12-20-19(10-26-30)27-22(28-20)16-3-2-4-17(24)21(16)25/h2-10H,11-12H2,1H3,(H,27,28). The van der Waals surface area contributed by atoms with Crippen molar-refractivity contribution in [1.82, 2.24) is 20.1 Å². The maximum atomic E-state index is 14.1. The van der Waals surface area contributed by atoms with Crippen LogP contribution >= 0.6 is 0 Å². The van der Waals surface area contributed by atoms with Crippen molar-refractivity contribution in [1.29, 1.82) is 0 Å². The number of aromatic nitrogens is 3. The van der Waals surface area contributed by atoms with Gasteiger partial charge < -0.3 is 14.2 Å². The van der Waals surface area contributed by atoms with Crippen LogP contribution in [0.25, 0.3) is 22.6 Å². The van der Waals surface area contributed by atoms with Crippen LogP contribution in [-0.2, 0) is 17.8 Å². The van der Waals surface area contributed by atoms with Crippen molar-refractivity contribution in [2.24, 2.45) is 5.10 Å². The monoisotopic (exact) mass is 449 g/mol. The lowest BCUT2D eigenvalue weighted by Crippen LogP contribution is -2.21. The molecule has 33 heavy (non-hydrogen) atoms. The SMILES string of the molecule is COC(=O)c1ccc(-c2cc(CN3Cc4[nH]c(-c5cccc(F)c5F)nc4C=N3)on2)cc1. The van der Waals surface area contributed by atoms with E-state index in [4.69, 9.17) is 9.26 Å². The average Bonchev–Trinajstić information content (AvgIpc) is 3.47. The number of carbonyl (C=O) groups excluding carboxylic acids is 1. The Morgan fingerprint density at radius 2 is 2.03 bits per heavy atom. The first-order valence-corrected chi connectivity index (χ1v) is 9.98. The van der Waals surface area contributed by atoms with E-state index in [0.29, 0.717) is 35.8 Å². The first kappa shape index (κ1) is 20.6. The number of esters is 1. The van der Waals surface area contributed by atoms with Crippen molar-refractivity contribution in [3.63, 3.8) is 0 Å². The van der Waals surface area contributed by atoms with E-state index in [0.717, 1.165) is 17.3 Å². The summed E-state index contributed by atoms with van der Waals surface area (Å²) in [6.07, 6.45) is 1.55. The number of hydrazone groups is 1. The molecule has 0 aliphatic carbocycles.